The third kappa shape index (κ3) is 16.3. The van der Waals surface area contributed by atoms with Crippen LogP contribution in [-0.2, 0) is 11.3 Å². The fourth-order valence-corrected chi connectivity index (χ4v) is 2.51. The van der Waals surface area contributed by atoms with Crippen LogP contribution < -0.4 is 0 Å². The molecule has 0 saturated heterocycles. The fraction of sp³-hybridized carbons (Fsp3) is 0.773. The molecule has 0 aliphatic rings. The molecule has 1 aromatic rings. The van der Waals surface area contributed by atoms with Gasteiger partial charge < -0.3 is 14.3 Å². The summed E-state index contributed by atoms with van der Waals surface area (Å²) in [4.78, 5) is 9.96. The van der Waals surface area contributed by atoms with Gasteiger partial charge in [0.2, 0.25) is 0 Å². The molecule has 0 aliphatic carbocycles. The van der Waals surface area contributed by atoms with Crippen molar-refractivity contribution in [3.05, 3.63) is 23.7 Å². The highest BCUT2D eigenvalue weighted by molar-refractivity contribution is 5.70. The smallest absolute Gasteiger partial charge is 0.185 e. The van der Waals surface area contributed by atoms with Crippen molar-refractivity contribution in [1.82, 2.24) is 0 Å². The summed E-state index contributed by atoms with van der Waals surface area (Å²) in [6.45, 7) is 11.0. The number of rotatable bonds is 14. The molecule has 1 N–H and O–H groups in total. The Kier molecular flexibility index (Phi) is 16.5. The van der Waals surface area contributed by atoms with E-state index >= 15 is 0 Å². The zero-order chi connectivity index (χ0) is 19.6. The average Bonchev–Trinajstić information content (AvgIpc) is 3.08. The van der Waals surface area contributed by atoms with Crippen LogP contribution in [0.3, 0.4) is 0 Å². The summed E-state index contributed by atoms with van der Waals surface area (Å²) >= 11 is 0. The van der Waals surface area contributed by atoms with Gasteiger partial charge in [-0.25, -0.2) is 0 Å². The van der Waals surface area contributed by atoms with Gasteiger partial charge in [0.25, 0.3) is 0 Å². The second-order valence-corrected chi connectivity index (χ2v) is 7.68. The van der Waals surface area contributed by atoms with E-state index in [-0.39, 0.29) is 12.4 Å². The van der Waals surface area contributed by atoms with Crippen LogP contribution in [0.25, 0.3) is 0 Å². The van der Waals surface area contributed by atoms with Crippen molar-refractivity contribution in [1.29, 1.82) is 0 Å². The van der Waals surface area contributed by atoms with Crippen LogP contribution in [0, 0.1) is 11.8 Å². The summed E-state index contributed by atoms with van der Waals surface area (Å²) in [6.07, 6.45) is 11.3. The van der Waals surface area contributed by atoms with Gasteiger partial charge >= 0.3 is 0 Å². The Labute approximate surface area is 160 Å². The monoisotopic (exact) mass is 368 g/mol. The zero-order valence-electron chi connectivity index (χ0n) is 17.3. The normalized spacial score (nSPS) is 10.9. The molecule has 4 heteroatoms. The lowest BCUT2D eigenvalue weighted by molar-refractivity contribution is 0.109. The quantitative estimate of drug-likeness (QED) is 0.322. The van der Waals surface area contributed by atoms with Crippen molar-refractivity contribution >= 4 is 6.29 Å². The summed E-state index contributed by atoms with van der Waals surface area (Å²) in [5, 5.41) is 8.44. The lowest BCUT2D eigenvalue weighted by Gasteiger charge is -2.06. The van der Waals surface area contributed by atoms with Crippen LogP contribution in [0.2, 0.25) is 0 Å². The molecule has 0 radical (unpaired) electrons. The van der Waals surface area contributed by atoms with Crippen LogP contribution in [0.5, 0.6) is 0 Å². The predicted octanol–water partition coefficient (Wildman–Crippen LogP) is 6.02. The molecular formula is C22H40O4. The third-order valence-electron chi connectivity index (χ3n) is 4.09. The second kappa shape index (κ2) is 17.3. The van der Waals surface area contributed by atoms with Crippen molar-refractivity contribution < 1.29 is 19.1 Å². The number of aldehydes is 1. The highest BCUT2D eigenvalue weighted by Gasteiger charge is 1.97. The first kappa shape index (κ1) is 24.9. The van der Waals surface area contributed by atoms with E-state index in [0.29, 0.717) is 12.0 Å². The first-order chi connectivity index (χ1) is 12.5. The van der Waals surface area contributed by atoms with Crippen molar-refractivity contribution in [2.24, 2.45) is 11.8 Å². The van der Waals surface area contributed by atoms with E-state index in [9.17, 15) is 4.79 Å². The van der Waals surface area contributed by atoms with Crippen molar-refractivity contribution in [2.45, 2.75) is 85.7 Å². The lowest BCUT2D eigenvalue weighted by Crippen LogP contribution is -1.98. The Morgan fingerprint density at radius 2 is 1.46 bits per heavy atom. The number of hydrogen-bond acceptors (Lipinski definition) is 4. The van der Waals surface area contributed by atoms with E-state index < -0.39 is 0 Å². The molecule has 4 nitrogen and oxygen atoms in total. The van der Waals surface area contributed by atoms with E-state index in [4.69, 9.17) is 14.3 Å². The highest BCUT2D eigenvalue weighted by Crippen LogP contribution is 2.09. The molecule has 0 aromatic carbocycles. The average molecular weight is 369 g/mol. The van der Waals surface area contributed by atoms with Crippen LogP contribution in [0.4, 0.5) is 0 Å². The predicted molar refractivity (Wildman–Crippen MR) is 107 cm³/mol. The minimum atomic E-state index is -0.159. The van der Waals surface area contributed by atoms with E-state index in [1.807, 2.05) is 0 Å². The summed E-state index contributed by atoms with van der Waals surface area (Å²) < 4.78 is 10.4. The maximum Gasteiger partial charge on any atom is 0.185 e. The van der Waals surface area contributed by atoms with Gasteiger partial charge in [0.05, 0.1) is 0 Å². The van der Waals surface area contributed by atoms with Crippen molar-refractivity contribution in [3.8, 4) is 0 Å². The molecule has 0 saturated carbocycles. The molecule has 1 aromatic heterocycles. The number of carbonyl (C=O) groups is 1. The van der Waals surface area contributed by atoms with Gasteiger partial charge in [0.1, 0.15) is 12.4 Å². The number of carbonyl (C=O) groups excluding carboxylic acids is 1. The molecule has 0 spiro atoms. The first-order valence-corrected chi connectivity index (χ1v) is 10.2. The van der Waals surface area contributed by atoms with Crippen molar-refractivity contribution in [3.63, 3.8) is 0 Å². The highest BCUT2D eigenvalue weighted by atomic mass is 16.5. The largest absolute Gasteiger partial charge is 0.456 e. The Morgan fingerprint density at radius 1 is 0.923 bits per heavy atom. The van der Waals surface area contributed by atoms with E-state index in [1.165, 1.54) is 57.4 Å². The minimum absolute atomic E-state index is 0.159. The fourth-order valence-electron chi connectivity index (χ4n) is 2.51. The van der Waals surface area contributed by atoms with Gasteiger partial charge in [-0.15, -0.1) is 0 Å². The molecule has 0 aliphatic heterocycles. The van der Waals surface area contributed by atoms with Gasteiger partial charge in [0, 0.05) is 13.2 Å². The molecule has 0 fully saturated rings. The van der Waals surface area contributed by atoms with Crippen LogP contribution >= 0.6 is 0 Å². The maximum absolute atomic E-state index is 9.96. The van der Waals surface area contributed by atoms with E-state index in [0.717, 1.165) is 25.0 Å². The SMILES string of the molecule is CC(C)CCCCCOCCCCCC(C)C.O=Cc1ccc(CO)o1. The number of ether oxygens (including phenoxy) is 1. The van der Waals surface area contributed by atoms with Crippen molar-refractivity contribution in [2.75, 3.05) is 13.2 Å². The molecule has 0 bridgehead atoms. The third-order valence-corrected chi connectivity index (χ3v) is 4.09. The van der Waals surface area contributed by atoms with Gasteiger partial charge in [-0.3, -0.25) is 4.79 Å². The number of hydrogen-bond donors (Lipinski definition) is 1. The summed E-state index contributed by atoms with van der Waals surface area (Å²) in [7, 11) is 0. The number of aliphatic hydroxyl groups excluding tert-OH is 1. The minimum Gasteiger partial charge on any atom is -0.456 e. The maximum atomic E-state index is 9.96. The molecule has 1 heterocycles. The van der Waals surface area contributed by atoms with Gasteiger partial charge in [-0.05, 0) is 36.8 Å². The standard InChI is InChI=1S/C16H34O.C6H6O3/c1-15(2)11-7-5-9-13-17-14-10-6-8-12-16(3)4;7-3-5-1-2-6(4-8)9-5/h15-16H,5-14H2,1-4H3;1-3,8H,4H2. The molecule has 0 unspecified atom stereocenters. The molecule has 26 heavy (non-hydrogen) atoms. The number of unbranched alkanes of at least 4 members (excludes halogenated alkanes) is 4. The lowest BCUT2D eigenvalue weighted by atomic mass is 10.1. The number of furan rings is 1. The Hall–Kier alpha value is -1.13. The van der Waals surface area contributed by atoms with Gasteiger partial charge in [-0.2, -0.15) is 0 Å². The topological polar surface area (TPSA) is 59.7 Å². The molecule has 1 rings (SSSR count). The second-order valence-electron chi connectivity index (χ2n) is 7.68. The van der Waals surface area contributed by atoms with Crippen LogP contribution in [0.1, 0.15) is 95.4 Å². The van der Waals surface area contributed by atoms with Gasteiger partial charge in [0.15, 0.2) is 12.0 Å². The Morgan fingerprint density at radius 3 is 1.81 bits per heavy atom. The molecule has 0 atom stereocenters. The molecule has 0 amide bonds. The molecular weight excluding hydrogens is 328 g/mol. The summed E-state index contributed by atoms with van der Waals surface area (Å²) in [6, 6.07) is 3.07. The summed E-state index contributed by atoms with van der Waals surface area (Å²) in [5.41, 5.74) is 0. The Balaban J connectivity index is 0.000000577. The van der Waals surface area contributed by atoms with Crippen LogP contribution in [0.15, 0.2) is 16.5 Å². The molecule has 152 valence electrons. The summed E-state index contributed by atoms with van der Waals surface area (Å²) in [5.74, 6) is 2.38. The van der Waals surface area contributed by atoms with Gasteiger partial charge in [-0.1, -0.05) is 66.2 Å². The van der Waals surface area contributed by atoms with E-state index in [1.54, 1.807) is 6.07 Å². The van der Waals surface area contributed by atoms with E-state index in [2.05, 4.69) is 27.7 Å². The first-order valence-electron chi connectivity index (χ1n) is 10.2. The Bertz CT molecular complexity index is 408. The zero-order valence-corrected chi connectivity index (χ0v) is 17.3. The number of aliphatic hydroxyl groups is 1. The van der Waals surface area contributed by atoms with Crippen LogP contribution in [-0.4, -0.2) is 24.6 Å².